The van der Waals surface area contributed by atoms with Crippen LogP contribution < -0.4 is 10.1 Å². The van der Waals surface area contributed by atoms with Crippen molar-refractivity contribution in [2.75, 3.05) is 14.2 Å². The number of aromatic nitrogens is 2. The second kappa shape index (κ2) is 6.57. The number of hydrogen-bond donors (Lipinski definition) is 1. The molecule has 4 heteroatoms. The first-order valence-electron chi connectivity index (χ1n) is 7.03. The van der Waals surface area contributed by atoms with Crippen LogP contribution in [0.3, 0.4) is 0 Å². The normalized spacial score (nSPS) is 12.4. The van der Waals surface area contributed by atoms with Gasteiger partial charge in [-0.2, -0.15) is 0 Å². The molecular weight excluding hydrogens is 250 g/mol. The van der Waals surface area contributed by atoms with Crippen molar-refractivity contribution in [1.29, 1.82) is 0 Å². The van der Waals surface area contributed by atoms with Gasteiger partial charge in [0.25, 0.3) is 0 Å². The van der Waals surface area contributed by atoms with E-state index in [1.807, 2.05) is 25.5 Å². The predicted octanol–water partition coefficient (Wildman–Crippen LogP) is 2.78. The van der Waals surface area contributed by atoms with Gasteiger partial charge < -0.3 is 14.6 Å². The predicted molar refractivity (Wildman–Crippen MR) is 81.2 cm³/mol. The maximum Gasteiger partial charge on any atom is 0.123 e. The zero-order valence-electron chi connectivity index (χ0n) is 12.7. The number of methoxy groups -OCH3 is 1. The van der Waals surface area contributed by atoms with E-state index in [0.29, 0.717) is 6.04 Å². The van der Waals surface area contributed by atoms with Crippen molar-refractivity contribution in [3.05, 3.63) is 47.5 Å². The monoisotopic (exact) mass is 273 g/mol. The summed E-state index contributed by atoms with van der Waals surface area (Å²) in [7, 11) is 3.69. The first-order valence-corrected chi connectivity index (χ1v) is 7.03. The fourth-order valence-corrected chi connectivity index (χ4v) is 2.34. The smallest absolute Gasteiger partial charge is 0.123 e. The molecule has 108 valence electrons. The van der Waals surface area contributed by atoms with Gasteiger partial charge in [-0.25, -0.2) is 4.98 Å². The van der Waals surface area contributed by atoms with Gasteiger partial charge in [-0.05, 0) is 31.7 Å². The molecule has 0 spiro atoms. The number of imidazole rings is 1. The van der Waals surface area contributed by atoms with Crippen molar-refractivity contribution >= 4 is 0 Å². The van der Waals surface area contributed by atoms with E-state index in [0.717, 1.165) is 24.5 Å². The molecule has 0 aliphatic heterocycles. The molecule has 0 bridgehead atoms. The van der Waals surface area contributed by atoms with Crippen LogP contribution in [0.4, 0.5) is 0 Å². The third kappa shape index (κ3) is 3.02. The Bertz CT molecular complexity index is 563. The first-order chi connectivity index (χ1) is 9.69. The highest BCUT2D eigenvalue weighted by atomic mass is 16.5. The molecule has 1 aromatic heterocycles. The van der Waals surface area contributed by atoms with Crippen molar-refractivity contribution in [1.82, 2.24) is 14.9 Å². The highest BCUT2D eigenvalue weighted by molar-refractivity contribution is 5.38. The molecule has 0 aliphatic rings. The highest BCUT2D eigenvalue weighted by Crippen LogP contribution is 2.24. The van der Waals surface area contributed by atoms with E-state index in [1.54, 1.807) is 7.11 Å². The molecule has 0 amide bonds. The van der Waals surface area contributed by atoms with Crippen LogP contribution in [0.25, 0.3) is 0 Å². The molecule has 1 unspecified atom stereocenters. The molecule has 0 saturated carbocycles. The lowest BCUT2D eigenvalue weighted by Crippen LogP contribution is -2.13. The van der Waals surface area contributed by atoms with Crippen LogP contribution >= 0.6 is 0 Å². The van der Waals surface area contributed by atoms with E-state index in [4.69, 9.17) is 4.74 Å². The molecule has 0 aliphatic carbocycles. The number of nitrogens with zero attached hydrogens (tertiary/aromatic N) is 2. The van der Waals surface area contributed by atoms with Gasteiger partial charge in [0.05, 0.1) is 13.7 Å². The summed E-state index contributed by atoms with van der Waals surface area (Å²) in [5.41, 5.74) is 2.45. The number of benzene rings is 1. The number of nitrogens with one attached hydrogen (secondary N) is 1. The van der Waals surface area contributed by atoms with Crippen LogP contribution in [0.5, 0.6) is 5.75 Å². The third-order valence-electron chi connectivity index (χ3n) is 3.70. The van der Waals surface area contributed by atoms with E-state index in [-0.39, 0.29) is 0 Å². The van der Waals surface area contributed by atoms with Crippen molar-refractivity contribution in [3.63, 3.8) is 0 Å². The van der Waals surface area contributed by atoms with Crippen LogP contribution in [-0.4, -0.2) is 23.7 Å². The second-order valence-corrected chi connectivity index (χ2v) is 4.91. The van der Waals surface area contributed by atoms with E-state index >= 15 is 0 Å². The molecule has 0 saturated heterocycles. The zero-order chi connectivity index (χ0) is 14.5. The van der Waals surface area contributed by atoms with Crippen LogP contribution in [0.15, 0.2) is 30.6 Å². The molecule has 1 heterocycles. The molecule has 1 N–H and O–H groups in total. The Morgan fingerprint density at radius 2 is 2.20 bits per heavy atom. The van der Waals surface area contributed by atoms with Crippen molar-refractivity contribution in [3.8, 4) is 5.75 Å². The summed E-state index contributed by atoms with van der Waals surface area (Å²) in [4.78, 5) is 4.37. The maximum atomic E-state index is 5.48. The van der Waals surface area contributed by atoms with Crippen LogP contribution in [0.1, 0.15) is 36.8 Å². The van der Waals surface area contributed by atoms with Gasteiger partial charge in [0.2, 0.25) is 0 Å². The molecule has 1 atom stereocenters. The third-order valence-corrected chi connectivity index (χ3v) is 3.70. The van der Waals surface area contributed by atoms with E-state index in [1.165, 1.54) is 11.1 Å². The fraction of sp³-hybridized carbons (Fsp3) is 0.438. The molecule has 4 nitrogen and oxygen atoms in total. The fourth-order valence-electron chi connectivity index (χ4n) is 2.34. The number of ether oxygens (including phenoxy) is 1. The van der Waals surface area contributed by atoms with Crippen molar-refractivity contribution < 1.29 is 4.74 Å². The summed E-state index contributed by atoms with van der Waals surface area (Å²) < 4.78 is 7.65. The van der Waals surface area contributed by atoms with Gasteiger partial charge in [0, 0.05) is 30.4 Å². The van der Waals surface area contributed by atoms with Gasteiger partial charge in [0.1, 0.15) is 11.6 Å². The van der Waals surface area contributed by atoms with E-state index in [9.17, 15) is 0 Å². The van der Waals surface area contributed by atoms with E-state index in [2.05, 4.69) is 40.8 Å². The van der Waals surface area contributed by atoms with Gasteiger partial charge >= 0.3 is 0 Å². The Kier molecular flexibility index (Phi) is 4.79. The Balaban J connectivity index is 2.33. The molecular formula is C16H23N3O. The topological polar surface area (TPSA) is 39.1 Å². The Labute approximate surface area is 120 Å². The summed E-state index contributed by atoms with van der Waals surface area (Å²) in [6.07, 6.45) is 4.81. The molecule has 0 fully saturated rings. The van der Waals surface area contributed by atoms with Gasteiger partial charge in [0.15, 0.2) is 0 Å². The second-order valence-electron chi connectivity index (χ2n) is 4.91. The lowest BCUT2D eigenvalue weighted by Gasteiger charge is -2.16. The zero-order valence-corrected chi connectivity index (χ0v) is 12.7. The minimum atomic E-state index is 0.327. The summed E-state index contributed by atoms with van der Waals surface area (Å²) in [5.74, 6) is 2.02. The first kappa shape index (κ1) is 14.6. The van der Waals surface area contributed by atoms with Gasteiger partial charge in [-0.1, -0.05) is 13.0 Å². The lowest BCUT2D eigenvalue weighted by atomic mass is 10.0. The molecule has 0 radical (unpaired) electrons. The Morgan fingerprint density at radius 1 is 1.40 bits per heavy atom. The summed E-state index contributed by atoms with van der Waals surface area (Å²) in [5, 5.41) is 3.27. The number of rotatable bonds is 6. The van der Waals surface area contributed by atoms with Crippen molar-refractivity contribution in [2.45, 2.75) is 32.9 Å². The molecule has 1 aromatic carbocycles. The minimum Gasteiger partial charge on any atom is -0.496 e. The average molecular weight is 273 g/mol. The van der Waals surface area contributed by atoms with Gasteiger partial charge in [-0.3, -0.25) is 0 Å². The Morgan fingerprint density at radius 3 is 2.85 bits per heavy atom. The standard InChI is InChI=1S/C16H23N3O/c1-5-16-18-8-9-19(16)11-14-10-13(12(2)17-3)6-7-15(14)20-4/h6-10,12,17H,5,11H2,1-4H3. The quantitative estimate of drug-likeness (QED) is 0.879. The summed E-state index contributed by atoms with van der Waals surface area (Å²) in [6, 6.07) is 6.69. The molecule has 2 aromatic rings. The van der Waals surface area contributed by atoms with E-state index < -0.39 is 0 Å². The lowest BCUT2D eigenvalue weighted by molar-refractivity contribution is 0.407. The highest BCUT2D eigenvalue weighted by Gasteiger charge is 2.10. The SMILES string of the molecule is CCc1nccn1Cc1cc(C(C)NC)ccc1OC. The summed E-state index contributed by atoms with van der Waals surface area (Å²) >= 11 is 0. The number of aryl methyl sites for hydroxylation is 1. The molecule has 2 rings (SSSR count). The van der Waals surface area contributed by atoms with Crippen molar-refractivity contribution in [2.24, 2.45) is 0 Å². The summed E-state index contributed by atoms with van der Waals surface area (Å²) in [6.45, 7) is 5.06. The van der Waals surface area contributed by atoms with Crippen LogP contribution in [0.2, 0.25) is 0 Å². The average Bonchev–Trinajstić information content (AvgIpc) is 2.93. The largest absolute Gasteiger partial charge is 0.496 e. The maximum absolute atomic E-state index is 5.48. The Hall–Kier alpha value is -1.81. The number of hydrogen-bond acceptors (Lipinski definition) is 3. The molecule has 20 heavy (non-hydrogen) atoms. The van der Waals surface area contributed by atoms with Gasteiger partial charge in [-0.15, -0.1) is 0 Å². The minimum absolute atomic E-state index is 0.327. The van der Waals surface area contributed by atoms with Crippen LogP contribution in [0, 0.1) is 0 Å². The van der Waals surface area contributed by atoms with Crippen LogP contribution in [-0.2, 0) is 13.0 Å².